The number of benzene rings is 2. The monoisotopic (exact) mass is 338 g/mol. The van der Waals surface area contributed by atoms with Crippen LogP contribution in [0.1, 0.15) is 12.5 Å². The van der Waals surface area contributed by atoms with Crippen molar-refractivity contribution in [3.8, 4) is 16.9 Å². The summed E-state index contributed by atoms with van der Waals surface area (Å²) in [6, 6.07) is 13.0. The number of nitro benzene ring substituents is 2. The molecule has 3 aromatic rings. The van der Waals surface area contributed by atoms with Gasteiger partial charge in [-0.15, -0.1) is 0 Å². The number of nitro groups is 2. The first-order chi connectivity index (χ1) is 12.0. The molecule has 0 aliphatic rings. The van der Waals surface area contributed by atoms with Crippen molar-refractivity contribution in [2.24, 2.45) is 0 Å². The largest absolute Gasteiger partial charge is 0.301 e. The molecule has 0 bridgehead atoms. The van der Waals surface area contributed by atoms with E-state index in [4.69, 9.17) is 0 Å². The lowest BCUT2D eigenvalue weighted by Gasteiger charge is -2.03. The Labute approximate surface area is 142 Å². The molecule has 126 valence electrons. The van der Waals surface area contributed by atoms with Crippen molar-refractivity contribution in [2.45, 2.75) is 13.3 Å². The van der Waals surface area contributed by atoms with Crippen LogP contribution in [0.3, 0.4) is 0 Å². The molecule has 0 fully saturated rings. The van der Waals surface area contributed by atoms with Gasteiger partial charge < -0.3 is 0 Å². The molecule has 25 heavy (non-hydrogen) atoms. The molecule has 1 heterocycles. The molecule has 0 N–H and O–H groups in total. The third kappa shape index (κ3) is 3.09. The SMILES string of the molecule is CCc1cn(-c2ccc([N+](=O)[O-])cc2[N+](=O)[O-])nc1-c1ccccc1. The summed E-state index contributed by atoms with van der Waals surface area (Å²) in [4.78, 5) is 20.9. The standard InChI is InChI=1S/C17H14N4O4/c1-2-12-11-19(18-17(12)13-6-4-3-5-7-13)15-9-8-14(20(22)23)10-16(15)21(24)25/h3-11H,2H2,1H3. The lowest BCUT2D eigenvalue weighted by Crippen LogP contribution is -2.02. The van der Waals surface area contributed by atoms with Gasteiger partial charge in [0.05, 0.1) is 21.6 Å². The van der Waals surface area contributed by atoms with E-state index in [0.717, 1.165) is 22.9 Å². The van der Waals surface area contributed by atoms with Gasteiger partial charge in [-0.25, -0.2) is 4.68 Å². The van der Waals surface area contributed by atoms with Gasteiger partial charge in [-0.1, -0.05) is 37.3 Å². The Morgan fingerprint density at radius 2 is 1.76 bits per heavy atom. The molecular formula is C17H14N4O4. The average molecular weight is 338 g/mol. The first kappa shape index (κ1) is 16.3. The molecule has 0 unspecified atom stereocenters. The molecule has 0 aliphatic heterocycles. The summed E-state index contributed by atoms with van der Waals surface area (Å²) in [5.74, 6) is 0. The summed E-state index contributed by atoms with van der Waals surface area (Å²) in [7, 11) is 0. The topological polar surface area (TPSA) is 104 Å². The highest BCUT2D eigenvalue weighted by atomic mass is 16.6. The molecule has 8 nitrogen and oxygen atoms in total. The highest BCUT2D eigenvalue weighted by Crippen LogP contribution is 2.30. The second kappa shape index (κ2) is 6.52. The van der Waals surface area contributed by atoms with Gasteiger partial charge in [0.25, 0.3) is 5.69 Å². The number of nitrogens with zero attached hydrogens (tertiary/aromatic N) is 4. The van der Waals surface area contributed by atoms with Gasteiger partial charge in [0, 0.05) is 17.8 Å². The first-order valence-electron chi connectivity index (χ1n) is 7.58. The maximum atomic E-state index is 11.3. The smallest absolute Gasteiger partial charge is 0.258 e. The highest BCUT2D eigenvalue weighted by Gasteiger charge is 2.22. The Morgan fingerprint density at radius 1 is 1.04 bits per heavy atom. The van der Waals surface area contributed by atoms with E-state index in [2.05, 4.69) is 5.10 Å². The Kier molecular flexibility index (Phi) is 4.25. The van der Waals surface area contributed by atoms with Crippen molar-refractivity contribution in [3.05, 3.63) is 80.5 Å². The Balaban J connectivity index is 2.16. The van der Waals surface area contributed by atoms with E-state index in [1.165, 1.54) is 16.8 Å². The van der Waals surface area contributed by atoms with Crippen LogP contribution in [0.5, 0.6) is 0 Å². The van der Waals surface area contributed by atoms with Gasteiger partial charge >= 0.3 is 5.69 Å². The molecule has 3 rings (SSSR count). The van der Waals surface area contributed by atoms with Gasteiger partial charge in [0.2, 0.25) is 0 Å². The zero-order chi connectivity index (χ0) is 18.0. The van der Waals surface area contributed by atoms with Crippen LogP contribution in [0, 0.1) is 20.2 Å². The summed E-state index contributed by atoms with van der Waals surface area (Å²) in [6.07, 6.45) is 2.42. The Morgan fingerprint density at radius 3 is 2.36 bits per heavy atom. The van der Waals surface area contributed by atoms with E-state index >= 15 is 0 Å². The molecule has 0 spiro atoms. The second-order valence-corrected chi connectivity index (χ2v) is 5.35. The highest BCUT2D eigenvalue weighted by molar-refractivity contribution is 5.64. The molecule has 8 heteroatoms. The summed E-state index contributed by atoms with van der Waals surface area (Å²) >= 11 is 0. The van der Waals surface area contributed by atoms with Crippen LogP contribution in [0.2, 0.25) is 0 Å². The minimum Gasteiger partial charge on any atom is -0.258 e. The predicted molar refractivity (Wildman–Crippen MR) is 91.7 cm³/mol. The van der Waals surface area contributed by atoms with E-state index in [1.54, 1.807) is 6.20 Å². The van der Waals surface area contributed by atoms with E-state index < -0.39 is 9.85 Å². The van der Waals surface area contributed by atoms with Crippen LogP contribution in [-0.2, 0) is 6.42 Å². The Bertz CT molecular complexity index is 951. The summed E-state index contributed by atoms with van der Waals surface area (Å²) < 4.78 is 1.41. The minimum absolute atomic E-state index is 0.187. The van der Waals surface area contributed by atoms with Gasteiger partial charge in [-0.3, -0.25) is 20.2 Å². The average Bonchev–Trinajstić information content (AvgIpc) is 3.06. The zero-order valence-electron chi connectivity index (χ0n) is 13.3. The van der Waals surface area contributed by atoms with Crippen LogP contribution in [0.4, 0.5) is 11.4 Å². The second-order valence-electron chi connectivity index (χ2n) is 5.35. The van der Waals surface area contributed by atoms with E-state index in [-0.39, 0.29) is 17.1 Å². The lowest BCUT2D eigenvalue weighted by molar-refractivity contribution is -0.394. The van der Waals surface area contributed by atoms with Crippen LogP contribution >= 0.6 is 0 Å². The van der Waals surface area contributed by atoms with E-state index in [1.807, 2.05) is 37.3 Å². The van der Waals surface area contributed by atoms with Gasteiger partial charge in [0.15, 0.2) is 0 Å². The third-order valence-electron chi connectivity index (χ3n) is 3.83. The summed E-state index contributed by atoms with van der Waals surface area (Å²) in [6.45, 7) is 1.97. The predicted octanol–water partition coefficient (Wildman–Crippen LogP) is 3.92. The summed E-state index contributed by atoms with van der Waals surface area (Å²) in [5.41, 5.74) is 2.06. The molecule has 1 aromatic heterocycles. The molecular weight excluding hydrogens is 324 g/mol. The maximum Gasteiger partial charge on any atom is 0.301 e. The number of aromatic nitrogens is 2. The molecule has 0 saturated heterocycles. The number of hydrogen-bond donors (Lipinski definition) is 0. The van der Waals surface area contributed by atoms with E-state index in [9.17, 15) is 20.2 Å². The van der Waals surface area contributed by atoms with Crippen molar-refractivity contribution in [2.75, 3.05) is 0 Å². The van der Waals surface area contributed by atoms with Crippen LogP contribution < -0.4 is 0 Å². The molecule has 0 amide bonds. The lowest BCUT2D eigenvalue weighted by atomic mass is 10.1. The minimum atomic E-state index is -0.660. The molecule has 0 radical (unpaired) electrons. The fraction of sp³-hybridized carbons (Fsp3) is 0.118. The zero-order valence-corrected chi connectivity index (χ0v) is 13.3. The molecule has 0 aliphatic carbocycles. The van der Waals surface area contributed by atoms with Crippen LogP contribution in [0.15, 0.2) is 54.7 Å². The van der Waals surface area contributed by atoms with Crippen molar-refractivity contribution in [1.29, 1.82) is 0 Å². The van der Waals surface area contributed by atoms with Crippen LogP contribution in [0.25, 0.3) is 16.9 Å². The first-order valence-corrected chi connectivity index (χ1v) is 7.58. The van der Waals surface area contributed by atoms with Crippen LogP contribution in [-0.4, -0.2) is 19.6 Å². The summed E-state index contributed by atoms with van der Waals surface area (Å²) in [5, 5.41) is 26.7. The molecule has 0 atom stereocenters. The van der Waals surface area contributed by atoms with Gasteiger partial charge in [-0.05, 0) is 18.1 Å². The normalized spacial score (nSPS) is 10.6. The number of aryl methyl sites for hydroxylation is 1. The van der Waals surface area contributed by atoms with Crippen molar-refractivity contribution >= 4 is 11.4 Å². The van der Waals surface area contributed by atoms with Crippen molar-refractivity contribution in [1.82, 2.24) is 9.78 Å². The quantitative estimate of drug-likeness (QED) is 0.518. The van der Waals surface area contributed by atoms with Gasteiger partial charge in [-0.2, -0.15) is 5.10 Å². The van der Waals surface area contributed by atoms with Crippen molar-refractivity contribution < 1.29 is 9.85 Å². The fourth-order valence-electron chi connectivity index (χ4n) is 2.60. The third-order valence-corrected chi connectivity index (χ3v) is 3.83. The molecule has 2 aromatic carbocycles. The van der Waals surface area contributed by atoms with Crippen molar-refractivity contribution in [3.63, 3.8) is 0 Å². The van der Waals surface area contributed by atoms with Gasteiger partial charge in [0.1, 0.15) is 5.69 Å². The maximum absolute atomic E-state index is 11.3. The Hall–Kier alpha value is -3.55. The number of non-ortho nitro benzene ring substituents is 1. The molecule has 0 saturated carbocycles. The fourth-order valence-corrected chi connectivity index (χ4v) is 2.60. The van der Waals surface area contributed by atoms with E-state index in [0.29, 0.717) is 6.42 Å². The number of rotatable bonds is 5. The number of hydrogen-bond acceptors (Lipinski definition) is 5.